The van der Waals surface area contributed by atoms with Crippen LogP contribution in [0.2, 0.25) is 0 Å². The second-order valence-corrected chi connectivity index (χ2v) is 4.45. The topological polar surface area (TPSA) is 66.0 Å². The number of amidine groups is 1. The van der Waals surface area contributed by atoms with Crippen LogP contribution in [-0.4, -0.2) is 23.9 Å². The maximum Gasteiger partial charge on any atom is 0.128 e. The minimum Gasteiger partial charge on any atom is -0.388 e. The fraction of sp³-hybridized carbons (Fsp3) is 0.455. The molecule has 16 heavy (non-hydrogen) atoms. The molecule has 0 amide bonds. The predicted molar refractivity (Wildman–Crippen MR) is 71.1 cm³/mol. The van der Waals surface area contributed by atoms with E-state index in [1.165, 1.54) is 0 Å². The number of nitrogens with one attached hydrogen (secondary N) is 1. The first kappa shape index (κ1) is 13.0. The average Bonchev–Trinajstić information content (AvgIpc) is 2.23. The summed E-state index contributed by atoms with van der Waals surface area (Å²) in [6, 6.07) is 3.97. The molecule has 4 nitrogen and oxygen atoms in total. The normalized spacial score (nSPS) is 10.2. The Morgan fingerprint density at radius 2 is 2.25 bits per heavy atom. The van der Waals surface area contributed by atoms with Crippen LogP contribution in [-0.2, 0) is 0 Å². The van der Waals surface area contributed by atoms with E-state index in [-0.39, 0.29) is 5.84 Å². The lowest BCUT2D eigenvalue weighted by molar-refractivity contribution is 0.811. The Morgan fingerprint density at radius 1 is 1.56 bits per heavy atom. The molecule has 0 aromatic carbocycles. The van der Waals surface area contributed by atoms with Crippen molar-refractivity contribution >= 4 is 27.6 Å². The SMILES string of the molecule is CCN(CCC(=N)N)c1ccc(Br)c(C)n1. The molecule has 0 saturated heterocycles. The van der Waals surface area contributed by atoms with Crippen LogP contribution in [0.3, 0.4) is 0 Å². The molecular formula is C11H17BrN4. The Labute approximate surface area is 104 Å². The van der Waals surface area contributed by atoms with E-state index in [2.05, 4.69) is 32.7 Å². The summed E-state index contributed by atoms with van der Waals surface area (Å²) in [6.45, 7) is 5.63. The summed E-state index contributed by atoms with van der Waals surface area (Å²) >= 11 is 3.43. The summed E-state index contributed by atoms with van der Waals surface area (Å²) in [5.74, 6) is 1.15. The van der Waals surface area contributed by atoms with Gasteiger partial charge in [0.15, 0.2) is 0 Å². The van der Waals surface area contributed by atoms with Crippen molar-refractivity contribution in [2.24, 2.45) is 5.73 Å². The number of nitrogens with zero attached hydrogens (tertiary/aromatic N) is 2. The molecule has 3 N–H and O–H groups in total. The van der Waals surface area contributed by atoms with E-state index in [0.717, 1.165) is 29.1 Å². The number of hydrogen-bond acceptors (Lipinski definition) is 3. The molecule has 0 atom stereocenters. The predicted octanol–water partition coefficient (Wildman–Crippen LogP) is 2.30. The second kappa shape index (κ2) is 5.84. The molecule has 1 rings (SSSR count). The van der Waals surface area contributed by atoms with Crippen molar-refractivity contribution < 1.29 is 0 Å². The van der Waals surface area contributed by atoms with Crippen molar-refractivity contribution in [3.63, 3.8) is 0 Å². The minimum absolute atomic E-state index is 0.215. The quantitative estimate of drug-likeness (QED) is 0.644. The van der Waals surface area contributed by atoms with Gasteiger partial charge in [-0.3, -0.25) is 5.41 Å². The largest absolute Gasteiger partial charge is 0.388 e. The third-order valence-corrected chi connectivity index (χ3v) is 3.20. The zero-order valence-corrected chi connectivity index (χ0v) is 11.2. The van der Waals surface area contributed by atoms with Crippen molar-refractivity contribution in [1.82, 2.24) is 4.98 Å². The lowest BCUT2D eigenvalue weighted by Crippen LogP contribution is -2.28. The summed E-state index contributed by atoms with van der Waals surface area (Å²) in [5.41, 5.74) is 6.33. The highest BCUT2D eigenvalue weighted by molar-refractivity contribution is 9.10. The summed E-state index contributed by atoms with van der Waals surface area (Å²) in [6.07, 6.45) is 0.574. The van der Waals surface area contributed by atoms with Gasteiger partial charge in [0.05, 0.1) is 11.5 Å². The van der Waals surface area contributed by atoms with E-state index in [1.807, 2.05) is 19.1 Å². The van der Waals surface area contributed by atoms with Gasteiger partial charge in [-0.05, 0) is 41.9 Å². The molecule has 0 radical (unpaired) electrons. The van der Waals surface area contributed by atoms with Crippen molar-refractivity contribution in [2.45, 2.75) is 20.3 Å². The molecule has 1 heterocycles. The Bertz CT molecular complexity index is 378. The Kier molecular flexibility index (Phi) is 4.73. The Morgan fingerprint density at radius 3 is 2.75 bits per heavy atom. The van der Waals surface area contributed by atoms with E-state index >= 15 is 0 Å². The van der Waals surface area contributed by atoms with Gasteiger partial charge < -0.3 is 10.6 Å². The third kappa shape index (κ3) is 3.48. The summed E-state index contributed by atoms with van der Waals surface area (Å²) in [7, 11) is 0. The molecule has 88 valence electrons. The molecule has 0 bridgehead atoms. The number of aromatic nitrogens is 1. The van der Waals surface area contributed by atoms with Gasteiger partial charge in [0.1, 0.15) is 5.82 Å². The number of halogens is 1. The van der Waals surface area contributed by atoms with E-state index in [4.69, 9.17) is 11.1 Å². The fourth-order valence-corrected chi connectivity index (χ4v) is 1.62. The average molecular weight is 285 g/mol. The smallest absolute Gasteiger partial charge is 0.128 e. The first-order chi connectivity index (χ1) is 7.54. The lowest BCUT2D eigenvalue weighted by Gasteiger charge is -2.22. The maximum absolute atomic E-state index is 7.22. The van der Waals surface area contributed by atoms with Crippen molar-refractivity contribution in [2.75, 3.05) is 18.0 Å². The van der Waals surface area contributed by atoms with Crippen LogP contribution >= 0.6 is 15.9 Å². The van der Waals surface area contributed by atoms with Gasteiger partial charge in [-0.25, -0.2) is 4.98 Å². The molecule has 5 heteroatoms. The van der Waals surface area contributed by atoms with Gasteiger partial charge in [-0.1, -0.05) is 0 Å². The lowest BCUT2D eigenvalue weighted by atomic mass is 10.3. The zero-order valence-electron chi connectivity index (χ0n) is 9.63. The highest BCUT2D eigenvalue weighted by Gasteiger charge is 2.07. The molecule has 1 aromatic rings. The van der Waals surface area contributed by atoms with Crippen molar-refractivity contribution in [3.8, 4) is 0 Å². The van der Waals surface area contributed by atoms with Crippen LogP contribution in [0.5, 0.6) is 0 Å². The highest BCUT2D eigenvalue weighted by Crippen LogP contribution is 2.19. The van der Waals surface area contributed by atoms with Crippen LogP contribution in [0, 0.1) is 12.3 Å². The number of aryl methyl sites for hydroxylation is 1. The maximum atomic E-state index is 7.22. The molecule has 0 spiro atoms. The van der Waals surface area contributed by atoms with Crippen LogP contribution in [0.1, 0.15) is 19.0 Å². The summed E-state index contributed by atoms with van der Waals surface area (Å²) in [4.78, 5) is 6.60. The van der Waals surface area contributed by atoms with Crippen molar-refractivity contribution in [1.29, 1.82) is 5.41 Å². The molecule has 0 unspecified atom stereocenters. The van der Waals surface area contributed by atoms with Gasteiger partial charge in [0.2, 0.25) is 0 Å². The number of anilines is 1. The Balaban J connectivity index is 2.78. The first-order valence-electron chi connectivity index (χ1n) is 5.25. The fourth-order valence-electron chi connectivity index (χ4n) is 1.40. The Hall–Kier alpha value is -1.10. The number of pyridine rings is 1. The zero-order chi connectivity index (χ0) is 12.1. The van der Waals surface area contributed by atoms with Gasteiger partial charge in [0, 0.05) is 24.0 Å². The molecule has 0 saturated carbocycles. The van der Waals surface area contributed by atoms with E-state index < -0.39 is 0 Å². The molecule has 0 aliphatic heterocycles. The molecule has 0 aliphatic carbocycles. The standard InChI is InChI=1S/C11H17BrN4/c1-3-16(7-6-10(13)14)11-5-4-9(12)8(2)15-11/h4-5H,3,6-7H2,1-2H3,(H3,13,14). The van der Waals surface area contributed by atoms with Gasteiger partial charge >= 0.3 is 0 Å². The highest BCUT2D eigenvalue weighted by atomic mass is 79.9. The second-order valence-electron chi connectivity index (χ2n) is 3.59. The summed E-state index contributed by atoms with van der Waals surface area (Å²) < 4.78 is 1.01. The third-order valence-electron chi connectivity index (χ3n) is 2.36. The van der Waals surface area contributed by atoms with E-state index in [9.17, 15) is 0 Å². The van der Waals surface area contributed by atoms with Crippen LogP contribution in [0.25, 0.3) is 0 Å². The van der Waals surface area contributed by atoms with Gasteiger partial charge in [-0.2, -0.15) is 0 Å². The number of hydrogen-bond donors (Lipinski definition) is 2. The van der Waals surface area contributed by atoms with Crippen LogP contribution < -0.4 is 10.6 Å². The van der Waals surface area contributed by atoms with Crippen LogP contribution in [0.4, 0.5) is 5.82 Å². The van der Waals surface area contributed by atoms with Crippen LogP contribution in [0.15, 0.2) is 16.6 Å². The first-order valence-corrected chi connectivity index (χ1v) is 6.05. The summed E-state index contributed by atoms with van der Waals surface area (Å²) in [5, 5.41) is 7.22. The number of nitrogens with two attached hydrogens (primary N) is 1. The van der Waals surface area contributed by atoms with E-state index in [0.29, 0.717) is 6.42 Å². The van der Waals surface area contributed by atoms with Gasteiger partial charge in [-0.15, -0.1) is 0 Å². The number of rotatable bonds is 5. The monoisotopic (exact) mass is 284 g/mol. The molecule has 0 fully saturated rings. The molecule has 0 aliphatic rings. The molecular weight excluding hydrogens is 268 g/mol. The van der Waals surface area contributed by atoms with Crippen molar-refractivity contribution in [3.05, 3.63) is 22.3 Å². The minimum atomic E-state index is 0.215. The molecule has 1 aromatic heterocycles. The van der Waals surface area contributed by atoms with E-state index in [1.54, 1.807) is 0 Å². The van der Waals surface area contributed by atoms with Gasteiger partial charge in [0.25, 0.3) is 0 Å².